The van der Waals surface area contributed by atoms with Crippen LogP contribution in [0.5, 0.6) is 5.75 Å². The number of ether oxygens (including phenoxy) is 1. The van der Waals surface area contributed by atoms with Crippen LogP contribution in [0.25, 0.3) is 20.5 Å². The lowest BCUT2D eigenvalue weighted by Crippen LogP contribution is -1.84. The highest BCUT2D eigenvalue weighted by Gasteiger charge is 2.10. The second-order valence-electron chi connectivity index (χ2n) is 3.82. The van der Waals surface area contributed by atoms with Crippen LogP contribution in [-0.2, 0) is 0 Å². The first-order valence-corrected chi connectivity index (χ1v) is 6.66. The predicted molar refractivity (Wildman–Crippen MR) is 76.6 cm³/mol. The first-order valence-electron chi connectivity index (χ1n) is 5.47. The number of thiophene rings is 1. The molecule has 0 atom stereocenters. The van der Waals surface area contributed by atoms with Crippen molar-refractivity contribution >= 4 is 33.0 Å². The Morgan fingerprint density at radius 2 is 2.06 bits per heavy atom. The Labute approximate surface area is 114 Å². The third-order valence-corrected chi connectivity index (χ3v) is 4.20. The lowest BCUT2D eigenvalue weighted by Gasteiger charge is -2.05. The number of fused-ring (bicyclic) bond motifs is 1. The number of hydrogen-bond acceptors (Lipinski definition) is 3. The van der Waals surface area contributed by atoms with Crippen molar-refractivity contribution in [3.05, 3.63) is 47.7 Å². The quantitative estimate of drug-likeness (QED) is 0.637. The smallest absolute Gasteiger partial charge is 0.137 e. The Hall–Kier alpha value is -1.58. The standard InChI is InChI=1S/C14H10ClNOS/c1-17-11-5-3-2-4-9(11)13-8-10-12(18-13)6-7-16-14(10)15/h2-8H,1H3. The summed E-state index contributed by atoms with van der Waals surface area (Å²) in [6, 6.07) is 12.0. The molecule has 0 bridgehead atoms. The highest BCUT2D eigenvalue weighted by atomic mass is 35.5. The maximum Gasteiger partial charge on any atom is 0.137 e. The summed E-state index contributed by atoms with van der Waals surface area (Å²) in [6.45, 7) is 0. The Balaban J connectivity index is 2.23. The normalized spacial score (nSPS) is 10.8. The molecule has 4 heteroatoms. The van der Waals surface area contributed by atoms with Crippen LogP contribution in [0, 0.1) is 0 Å². The summed E-state index contributed by atoms with van der Waals surface area (Å²) >= 11 is 7.79. The molecule has 2 nitrogen and oxygen atoms in total. The number of methoxy groups -OCH3 is 1. The number of aromatic nitrogens is 1. The fourth-order valence-electron chi connectivity index (χ4n) is 1.91. The van der Waals surface area contributed by atoms with Crippen molar-refractivity contribution in [1.29, 1.82) is 0 Å². The Morgan fingerprint density at radius 3 is 2.83 bits per heavy atom. The van der Waals surface area contributed by atoms with E-state index in [1.807, 2.05) is 30.3 Å². The lowest BCUT2D eigenvalue weighted by molar-refractivity contribution is 0.416. The first-order chi connectivity index (χ1) is 8.79. The summed E-state index contributed by atoms with van der Waals surface area (Å²) in [7, 11) is 1.68. The van der Waals surface area contributed by atoms with Crippen LogP contribution in [0.15, 0.2) is 42.6 Å². The van der Waals surface area contributed by atoms with Gasteiger partial charge in [0.15, 0.2) is 0 Å². The molecule has 0 radical (unpaired) electrons. The minimum atomic E-state index is 0.546. The Kier molecular flexibility index (Phi) is 2.94. The summed E-state index contributed by atoms with van der Waals surface area (Å²) in [5.41, 5.74) is 1.08. The SMILES string of the molecule is COc1ccccc1-c1cc2c(Cl)nccc2s1. The topological polar surface area (TPSA) is 22.1 Å². The maximum atomic E-state index is 6.10. The minimum Gasteiger partial charge on any atom is -0.496 e. The van der Waals surface area contributed by atoms with Gasteiger partial charge in [0.2, 0.25) is 0 Å². The average molecular weight is 276 g/mol. The Morgan fingerprint density at radius 1 is 1.22 bits per heavy atom. The van der Waals surface area contributed by atoms with Gasteiger partial charge in [-0.2, -0.15) is 0 Å². The van der Waals surface area contributed by atoms with Gasteiger partial charge in [0.1, 0.15) is 10.9 Å². The van der Waals surface area contributed by atoms with Gasteiger partial charge in [-0.25, -0.2) is 4.98 Å². The van der Waals surface area contributed by atoms with Gasteiger partial charge in [-0.05, 0) is 24.3 Å². The van der Waals surface area contributed by atoms with Gasteiger partial charge in [-0.3, -0.25) is 0 Å². The maximum absolute atomic E-state index is 6.10. The van der Waals surface area contributed by atoms with Crippen LogP contribution in [0.2, 0.25) is 5.15 Å². The zero-order valence-electron chi connectivity index (χ0n) is 9.68. The number of pyridine rings is 1. The van der Waals surface area contributed by atoms with Crippen LogP contribution in [-0.4, -0.2) is 12.1 Å². The monoisotopic (exact) mass is 275 g/mol. The fraction of sp³-hybridized carbons (Fsp3) is 0.0714. The molecule has 0 aliphatic heterocycles. The number of rotatable bonds is 2. The molecule has 0 aliphatic rings. The Bertz CT molecular complexity index is 708. The summed E-state index contributed by atoms with van der Waals surface area (Å²) in [5, 5.41) is 1.54. The van der Waals surface area contributed by atoms with Crippen molar-refractivity contribution in [3.63, 3.8) is 0 Å². The number of hydrogen-bond donors (Lipinski definition) is 0. The number of para-hydroxylation sites is 1. The van der Waals surface area contributed by atoms with E-state index >= 15 is 0 Å². The van der Waals surface area contributed by atoms with Crippen LogP contribution in [0.1, 0.15) is 0 Å². The van der Waals surface area contributed by atoms with Crippen LogP contribution in [0.3, 0.4) is 0 Å². The van der Waals surface area contributed by atoms with Crippen LogP contribution in [0.4, 0.5) is 0 Å². The summed E-state index contributed by atoms with van der Waals surface area (Å²) in [5.74, 6) is 0.869. The molecule has 18 heavy (non-hydrogen) atoms. The molecule has 2 aromatic heterocycles. The van der Waals surface area contributed by atoms with Crippen molar-refractivity contribution in [2.24, 2.45) is 0 Å². The second kappa shape index (κ2) is 4.59. The minimum absolute atomic E-state index is 0.546. The van der Waals surface area contributed by atoms with Gasteiger partial charge in [-0.1, -0.05) is 23.7 Å². The van der Waals surface area contributed by atoms with E-state index in [0.717, 1.165) is 26.3 Å². The van der Waals surface area contributed by atoms with Crippen molar-refractivity contribution in [1.82, 2.24) is 4.98 Å². The molecular weight excluding hydrogens is 266 g/mol. The summed E-state index contributed by atoms with van der Waals surface area (Å²) in [6.07, 6.45) is 1.73. The van der Waals surface area contributed by atoms with Gasteiger partial charge in [0, 0.05) is 26.7 Å². The van der Waals surface area contributed by atoms with E-state index in [2.05, 4.69) is 11.1 Å². The number of halogens is 1. The third-order valence-electron chi connectivity index (χ3n) is 2.77. The van der Waals surface area contributed by atoms with Crippen molar-refractivity contribution in [3.8, 4) is 16.2 Å². The van der Waals surface area contributed by atoms with Gasteiger partial charge >= 0.3 is 0 Å². The molecule has 3 rings (SSSR count). The van der Waals surface area contributed by atoms with Gasteiger partial charge in [0.25, 0.3) is 0 Å². The van der Waals surface area contributed by atoms with Crippen LogP contribution >= 0.6 is 22.9 Å². The predicted octanol–water partition coefficient (Wildman–Crippen LogP) is 4.63. The molecule has 0 saturated heterocycles. The van der Waals surface area contributed by atoms with Crippen molar-refractivity contribution < 1.29 is 4.74 Å². The van der Waals surface area contributed by atoms with Gasteiger partial charge in [0.05, 0.1) is 7.11 Å². The highest BCUT2D eigenvalue weighted by molar-refractivity contribution is 7.22. The molecule has 0 unspecified atom stereocenters. The van der Waals surface area contributed by atoms with E-state index < -0.39 is 0 Å². The van der Waals surface area contributed by atoms with E-state index in [9.17, 15) is 0 Å². The summed E-state index contributed by atoms with van der Waals surface area (Å²) < 4.78 is 6.52. The molecule has 90 valence electrons. The van der Waals surface area contributed by atoms with Crippen molar-refractivity contribution in [2.45, 2.75) is 0 Å². The number of nitrogens with zero attached hydrogens (tertiary/aromatic N) is 1. The summed E-state index contributed by atoms with van der Waals surface area (Å²) in [4.78, 5) is 5.23. The first kappa shape index (κ1) is 11.5. The molecule has 0 amide bonds. The van der Waals surface area contributed by atoms with E-state index in [-0.39, 0.29) is 0 Å². The van der Waals surface area contributed by atoms with Gasteiger partial charge in [-0.15, -0.1) is 11.3 Å². The van der Waals surface area contributed by atoms with Crippen LogP contribution < -0.4 is 4.74 Å². The molecule has 1 aromatic carbocycles. The molecule has 0 saturated carbocycles. The molecule has 0 N–H and O–H groups in total. The zero-order valence-corrected chi connectivity index (χ0v) is 11.3. The molecule has 0 fully saturated rings. The average Bonchev–Trinajstić information content (AvgIpc) is 2.84. The van der Waals surface area contributed by atoms with Gasteiger partial charge < -0.3 is 4.74 Å². The lowest BCUT2D eigenvalue weighted by atomic mass is 10.1. The second-order valence-corrected chi connectivity index (χ2v) is 5.27. The molecule has 0 spiro atoms. The fourth-order valence-corrected chi connectivity index (χ4v) is 3.27. The number of benzene rings is 1. The van der Waals surface area contributed by atoms with E-state index in [1.165, 1.54) is 0 Å². The zero-order chi connectivity index (χ0) is 12.5. The van der Waals surface area contributed by atoms with Crippen molar-refractivity contribution in [2.75, 3.05) is 7.11 Å². The van der Waals surface area contributed by atoms with E-state index in [1.54, 1.807) is 24.6 Å². The largest absolute Gasteiger partial charge is 0.496 e. The van der Waals surface area contributed by atoms with E-state index in [0.29, 0.717) is 5.15 Å². The molecular formula is C14H10ClNOS. The highest BCUT2D eigenvalue weighted by Crippen LogP contribution is 2.39. The molecule has 3 aromatic rings. The molecule has 2 heterocycles. The molecule has 0 aliphatic carbocycles. The van der Waals surface area contributed by atoms with E-state index in [4.69, 9.17) is 16.3 Å². The third kappa shape index (κ3) is 1.85.